The number of rotatable bonds is 5. The Morgan fingerprint density at radius 3 is 2.65 bits per heavy atom. The van der Waals surface area contributed by atoms with Gasteiger partial charge in [0.15, 0.2) is 0 Å². The number of likely N-dealkylation sites (N-methyl/N-ethyl adjacent to an activating group) is 1. The van der Waals surface area contributed by atoms with Crippen LogP contribution in [0.25, 0.3) is 0 Å². The maximum absolute atomic E-state index is 11.4. The molecule has 2 amide bonds. The summed E-state index contributed by atoms with van der Waals surface area (Å²) in [5, 5.41) is 5.34. The normalized spacial score (nSPS) is 9.76. The summed E-state index contributed by atoms with van der Waals surface area (Å²) in [5.41, 5.74) is 5.89. The first-order valence-electron chi connectivity index (χ1n) is 5.00. The predicted octanol–water partition coefficient (Wildman–Crippen LogP) is -0.0480. The van der Waals surface area contributed by atoms with Crippen LogP contribution in [0, 0.1) is 0 Å². The van der Waals surface area contributed by atoms with Crippen LogP contribution in [-0.2, 0) is 4.79 Å². The Bertz CT molecular complexity index is 432. The highest BCUT2D eigenvalue weighted by Crippen LogP contribution is 2.25. The molecule has 4 N–H and O–H groups in total. The van der Waals surface area contributed by atoms with Gasteiger partial charge in [0.05, 0.1) is 19.3 Å². The van der Waals surface area contributed by atoms with E-state index in [2.05, 4.69) is 10.6 Å². The molecule has 0 fully saturated rings. The van der Waals surface area contributed by atoms with E-state index in [9.17, 15) is 9.59 Å². The van der Waals surface area contributed by atoms with Crippen molar-refractivity contribution in [2.75, 3.05) is 26.0 Å². The third-order valence-electron chi connectivity index (χ3n) is 2.10. The van der Waals surface area contributed by atoms with Crippen LogP contribution in [-0.4, -0.2) is 32.5 Å². The number of hydrogen-bond acceptors (Lipinski definition) is 4. The minimum Gasteiger partial charge on any atom is -0.495 e. The van der Waals surface area contributed by atoms with Gasteiger partial charge in [0.25, 0.3) is 0 Å². The van der Waals surface area contributed by atoms with Crippen LogP contribution >= 0.6 is 0 Å². The number of benzene rings is 1. The Morgan fingerprint density at radius 1 is 1.41 bits per heavy atom. The summed E-state index contributed by atoms with van der Waals surface area (Å²) in [4.78, 5) is 22.4. The van der Waals surface area contributed by atoms with Crippen molar-refractivity contribution in [1.29, 1.82) is 0 Å². The average molecular weight is 237 g/mol. The molecule has 1 aromatic rings. The summed E-state index contributed by atoms with van der Waals surface area (Å²) in [7, 11) is 3.14. The molecule has 0 aromatic heterocycles. The third-order valence-corrected chi connectivity index (χ3v) is 2.10. The molecule has 0 unspecified atom stereocenters. The van der Waals surface area contributed by atoms with Gasteiger partial charge >= 0.3 is 0 Å². The van der Waals surface area contributed by atoms with Gasteiger partial charge in [-0.05, 0) is 25.2 Å². The summed E-state index contributed by atoms with van der Waals surface area (Å²) in [6.07, 6.45) is 0. The zero-order valence-electron chi connectivity index (χ0n) is 9.74. The van der Waals surface area contributed by atoms with Crippen LogP contribution in [0.5, 0.6) is 5.75 Å². The molecule has 92 valence electrons. The largest absolute Gasteiger partial charge is 0.495 e. The fraction of sp³-hybridized carbons (Fsp3) is 0.273. The quantitative estimate of drug-likeness (QED) is 0.669. The minimum atomic E-state index is -0.559. The van der Waals surface area contributed by atoms with Gasteiger partial charge < -0.3 is 21.1 Å². The Hall–Kier alpha value is -2.08. The first-order chi connectivity index (χ1) is 8.08. The van der Waals surface area contributed by atoms with Crippen molar-refractivity contribution in [3.8, 4) is 5.75 Å². The lowest BCUT2D eigenvalue weighted by Crippen LogP contribution is -2.25. The molecular weight excluding hydrogens is 222 g/mol. The van der Waals surface area contributed by atoms with Gasteiger partial charge in [-0.15, -0.1) is 0 Å². The molecule has 1 rings (SSSR count). The van der Waals surface area contributed by atoms with Crippen molar-refractivity contribution in [2.45, 2.75) is 0 Å². The van der Waals surface area contributed by atoms with Gasteiger partial charge in [0.2, 0.25) is 11.8 Å². The fourth-order valence-corrected chi connectivity index (χ4v) is 1.31. The number of hydrogen-bond donors (Lipinski definition) is 3. The van der Waals surface area contributed by atoms with E-state index in [1.54, 1.807) is 13.1 Å². The smallest absolute Gasteiger partial charge is 0.248 e. The van der Waals surface area contributed by atoms with Gasteiger partial charge in [0, 0.05) is 5.56 Å². The van der Waals surface area contributed by atoms with Crippen LogP contribution in [0.4, 0.5) is 5.69 Å². The molecule has 0 heterocycles. The van der Waals surface area contributed by atoms with E-state index in [1.165, 1.54) is 19.2 Å². The summed E-state index contributed by atoms with van der Waals surface area (Å²) in [6.45, 7) is 0.171. The van der Waals surface area contributed by atoms with Crippen molar-refractivity contribution in [3.05, 3.63) is 23.8 Å². The van der Waals surface area contributed by atoms with E-state index in [0.717, 1.165) is 0 Å². The lowest BCUT2D eigenvalue weighted by atomic mass is 10.1. The third kappa shape index (κ3) is 3.46. The van der Waals surface area contributed by atoms with Crippen LogP contribution in [0.3, 0.4) is 0 Å². The number of primary amides is 1. The summed E-state index contributed by atoms with van der Waals surface area (Å²) >= 11 is 0. The minimum absolute atomic E-state index is 0.171. The second kappa shape index (κ2) is 5.86. The number of nitrogens with one attached hydrogen (secondary N) is 2. The molecule has 0 radical (unpaired) electrons. The highest BCUT2D eigenvalue weighted by molar-refractivity contribution is 5.98. The number of methoxy groups -OCH3 is 1. The van der Waals surface area contributed by atoms with Crippen molar-refractivity contribution in [3.63, 3.8) is 0 Å². The number of anilines is 1. The molecule has 6 heteroatoms. The number of carbonyl (C=O) groups excluding carboxylic acids is 2. The maximum Gasteiger partial charge on any atom is 0.248 e. The summed E-state index contributed by atoms with van der Waals surface area (Å²) < 4.78 is 5.07. The van der Waals surface area contributed by atoms with Crippen molar-refractivity contribution < 1.29 is 14.3 Å². The standard InChI is InChI=1S/C11H15N3O3/c1-13-6-10(15)14-8-5-7(11(12)16)3-4-9(8)17-2/h3-5,13H,6H2,1-2H3,(H2,12,16)(H,14,15). The van der Waals surface area contributed by atoms with E-state index < -0.39 is 5.91 Å². The van der Waals surface area contributed by atoms with Crippen LogP contribution in [0.15, 0.2) is 18.2 Å². The SMILES string of the molecule is CNCC(=O)Nc1cc(C(N)=O)ccc1OC. The lowest BCUT2D eigenvalue weighted by Gasteiger charge is -2.10. The van der Waals surface area contributed by atoms with E-state index >= 15 is 0 Å². The second-order valence-corrected chi connectivity index (χ2v) is 3.36. The Morgan fingerprint density at radius 2 is 2.12 bits per heavy atom. The summed E-state index contributed by atoms with van der Waals surface area (Å²) in [5.74, 6) is -0.316. The molecule has 0 aliphatic carbocycles. The number of amides is 2. The molecule has 17 heavy (non-hydrogen) atoms. The Labute approximate surface area is 99.1 Å². The highest BCUT2D eigenvalue weighted by atomic mass is 16.5. The monoisotopic (exact) mass is 237 g/mol. The zero-order chi connectivity index (χ0) is 12.8. The van der Waals surface area contributed by atoms with Gasteiger partial charge in [-0.2, -0.15) is 0 Å². The number of carbonyl (C=O) groups is 2. The topological polar surface area (TPSA) is 93.5 Å². The number of ether oxygens (including phenoxy) is 1. The fourth-order valence-electron chi connectivity index (χ4n) is 1.31. The predicted molar refractivity (Wildman–Crippen MR) is 64.1 cm³/mol. The molecule has 0 saturated carbocycles. The Balaban J connectivity index is 2.97. The van der Waals surface area contributed by atoms with Crippen molar-refractivity contribution >= 4 is 17.5 Å². The van der Waals surface area contributed by atoms with E-state index in [4.69, 9.17) is 10.5 Å². The highest BCUT2D eigenvalue weighted by Gasteiger charge is 2.10. The van der Waals surface area contributed by atoms with E-state index in [1.807, 2.05) is 0 Å². The summed E-state index contributed by atoms with van der Waals surface area (Å²) in [6, 6.07) is 4.60. The van der Waals surface area contributed by atoms with Gasteiger partial charge in [-0.3, -0.25) is 9.59 Å². The molecule has 1 aromatic carbocycles. The van der Waals surface area contributed by atoms with Crippen molar-refractivity contribution in [1.82, 2.24) is 5.32 Å². The van der Waals surface area contributed by atoms with Crippen molar-refractivity contribution in [2.24, 2.45) is 5.73 Å². The Kier molecular flexibility index (Phi) is 4.47. The van der Waals surface area contributed by atoms with Gasteiger partial charge in [-0.1, -0.05) is 0 Å². The molecule has 6 nitrogen and oxygen atoms in total. The van der Waals surface area contributed by atoms with Crippen LogP contribution in [0.2, 0.25) is 0 Å². The van der Waals surface area contributed by atoms with E-state index in [-0.39, 0.29) is 12.5 Å². The second-order valence-electron chi connectivity index (χ2n) is 3.36. The van der Waals surface area contributed by atoms with Crippen LogP contribution in [0.1, 0.15) is 10.4 Å². The van der Waals surface area contributed by atoms with Crippen LogP contribution < -0.4 is 21.1 Å². The molecule has 0 bridgehead atoms. The average Bonchev–Trinajstić information content (AvgIpc) is 2.29. The van der Waals surface area contributed by atoms with E-state index in [0.29, 0.717) is 17.0 Å². The molecule has 0 atom stereocenters. The maximum atomic E-state index is 11.4. The first-order valence-corrected chi connectivity index (χ1v) is 5.00. The molecule has 0 aliphatic rings. The molecule has 0 aliphatic heterocycles. The molecular formula is C11H15N3O3. The molecule has 0 saturated heterocycles. The van der Waals surface area contributed by atoms with Gasteiger partial charge in [0.1, 0.15) is 5.75 Å². The number of nitrogens with two attached hydrogens (primary N) is 1. The molecule has 0 spiro atoms. The lowest BCUT2D eigenvalue weighted by molar-refractivity contribution is -0.115. The first kappa shape index (κ1) is 13.0. The zero-order valence-corrected chi connectivity index (χ0v) is 9.74. The van der Waals surface area contributed by atoms with Gasteiger partial charge in [-0.25, -0.2) is 0 Å².